The largest absolute Gasteiger partial charge is 0.291 e. The number of hydrogen-bond donors (Lipinski definition) is 0. The fourth-order valence-electron chi connectivity index (χ4n) is 2.75. The first-order valence-corrected chi connectivity index (χ1v) is 10.2. The van der Waals surface area contributed by atoms with E-state index in [4.69, 9.17) is 0 Å². The summed E-state index contributed by atoms with van der Waals surface area (Å²) in [5.41, 5.74) is -0.450. The van der Waals surface area contributed by atoms with Crippen molar-refractivity contribution in [2.45, 2.75) is 84.0 Å². The summed E-state index contributed by atoms with van der Waals surface area (Å²) in [6.07, 6.45) is 11.7. The smallest absolute Gasteiger partial charge is 0.246 e. The van der Waals surface area contributed by atoms with E-state index in [1.54, 1.807) is 6.29 Å². The van der Waals surface area contributed by atoms with Crippen molar-refractivity contribution in [3.8, 4) is 0 Å². The zero-order chi connectivity index (χ0) is 22.8. The van der Waals surface area contributed by atoms with Crippen LogP contribution in [0.25, 0.3) is 0 Å². The summed E-state index contributed by atoms with van der Waals surface area (Å²) in [5, 5.41) is 33.3. The molecule has 0 aliphatic heterocycles. The Morgan fingerprint density at radius 3 is 1.80 bits per heavy atom. The maximum Gasteiger partial charge on any atom is 0.246 e. The highest BCUT2D eigenvalue weighted by molar-refractivity contribution is 5.50. The van der Waals surface area contributed by atoms with Crippen molar-refractivity contribution in [2.24, 2.45) is 0 Å². The molecule has 10 nitrogen and oxygen atoms in total. The van der Waals surface area contributed by atoms with Gasteiger partial charge < -0.3 is 0 Å². The average Bonchev–Trinajstić information content (AvgIpc) is 2.69. The molecular formula is C20H30N3O7. The van der Waals surface area contributed by atoms with Gasteiger partial charge in [0, 0.05) is 19.3 Å². The van der Waals surface area contributed by atoms with Crippen LogP contribution in [-0.2, 0) is 4.79 Å². The number of carbonyl (C=O) groups excluding carboxylic acids is 1. The van der Waals surface area contributed by atoms with Crippen molar-refractivity contribution >= 4 is 6.29 Å². The molecule has 0 N–H and O–H groups in total. The monoisotopic (exact) mass is 424 g/mol. The Labute approximate surface area is 176 Å². The molecule has 0 unspecified atom stereocenters. The van der Waals surface area contributed by atoms with Gasteiger partial charge in [-0.15, -0.1) is 0 Å². The van der Waals surface area contributed by atoms with Crippen LogP contribution < -0.4 is 0 Å². The zero-order valence-corrected chi connectivity index (χ0v) is 17.4. The lowest BCUT2D eigenvalue weighted by Gasteiger charge is -2.00. The first kappa shape index (κ1) is 27.1. The quantitative estimate of drug-likeness (QED) is 0.165. The minimum absolute atomic E-state index is 0.00417. The van der Waals surface area contributed by atoms with Crippen LogP contribution in [0.1, 0.15) is 84.0 Å². The predicted molar refractivity (Wildman–Crippen MR) is 112 cm³/mol. The summed E-state index contributed by atoms with van der Waals surface area (Å²) >= 11 is 0. The zero-order valence-electron chi connectivity index (χ0n) is 17.4. The van der Waals surface area contributed by atoms with Crippen molar-refractivity contribution in [1.82, 2.24) is 0 Å². The topological polar surface area (TPSA) is 146 Å². The van der Waals surface area contributed by atoms with Crippen molar-refractivity contribution < 1.29 is 19.6 Å². The van der Waals surface area contributed by atoms with Gasteiger partial charge >= 0.3 is 0 Å². The van der Waals surface area contributed by atoms with Crippen LogP contribution in [0.5, 0.6) is 0 Å². The van der Waals surface area contributed by atoms with Crippen LogP contribution in [0.2, 0.25) is 0 Å². The Kier molecular flexibility index (Phi) is 15.3. The standard InChI is InChI=1S/C20H30N3O7/c1-2-3-4-5-6-7-11-18(21(25)26)13-10-14-20(23(29)30)16-15-19(22(27)28)12-8-9-17-24/h13-15H,2-12,16H2,1H3/b18-13+,19-15+,20-14+. The molecule has 0 aliphatic carbocycles. The van der Waals surface area contributed by atoms with Gasteiger partial charge in [-0.2, -0.15) is 0 Å². The van der Waals surface area contributed by atoms with E-state index < -0.39 is 14.8 Å². The number of hydrogen-bond acceptors (Lipinski definition) is 7. The molecule has 0 amide bonds. The van der Waals surface area contributed by atoms with Crippen LogP contribution in [-0.4, -0.2) is 21.1 Å². The van der Waals surface area contributed by atoms with Crippen molar-refractivity contribution in [3.05, 3.63) is 65.7 Å². The average molecular weight is 424 g/mol. The summed E-state index contributed by atoms with van der Waals surface area (Å²) in [4.78, 5) is 41.8. The van der Waals surface area contributed by atoms with Gasteiger partial charge in [-0.05, 0) is 37.5 Å². The summed E-state index contributed by atoms with van der Waals surface area (Å²) in [7, 11) is 0. The normalized spacial score (nSPS) is 12.6. The molecule has 0 spiro atoms. The van der Waals surface area contributed by atoms with E-state index in [1.165, 1.54) is 12.2 Å². The number of nitrogens with zero attached hydrogens (tertiary/aromatic N) is 3. The second-order valence-corrected chi connectivity index (χ2v) is 6.81. The molecule has 0 saturated carbocycles. The predicted octanol–water partition coefficient (Wildman–Crippen LogP) is 5.28. The lowest BCUT2D eigenvalue weighted by Crippen LogP contribution is -2.02. The molecule has 0 rings (SSSR count). The van der Waals surface area contributed by atoms with Crippen molar-refractivity contribution in [1.29, 1.82) is 0 Å². The fourth-order valence-corrected chi connectivity index (χ4v) is 2.75. The minimum Gasteiger partial charge on any atom is -0.291 e. The van der Waals surface area contributed by atoms with Crippen LogP contribution in [0.4, 0.5) is 0 Å². The van der Waals surface area contributed by atoms with E-state index >= 15 is 0 Å². The Morgan fingerprint density at radius 1 is 0.733 bits per heavy atom. The first-order chi connectivity index (χ1) is 14.3. The van der Waals surface area contributed by atoms with Crippen molar-refractivity contribution in [3.63, 3.8) is 0 Å². The maximum absolute atomic E-state index is 11.2. The highest BCUT2D eigenvalue weighted by atomic mass is 16.6. The molecule has 1 radical (unpaired) electrons. The molecule has 0 aliphatic rings. The Balaban J connectivity index is 4.92. The third-order valence-electron chi connectivity index (χ3n) is 4.46. The summed E-state index contributed by atoms with van der Waals surface area (Å²) < 4.78 is 0. The van der Waals surface area contributed by atoms with E-state index in [1.807, 2.05) is 0 Å². The highest BCUT2D eigenvalue weighted by Gasteiger charge is 2.15. The molecule has 167 valence electrons. The summed E-state index contributed by atoms with van der Waals surface area (Å²) in [6, 6.07) is 0. The Morgan fingerprint density at radius 2 is 1.23 bits per heavy atom. The molecule has 30 heavy (non-hydrogen) atoms. The van der Waals surface area contributed by atoms with E-state index in [2.05, 4.69) is 6.92 Å². The van der Waals surface area contributed by atoms with Gasteiger partial charge in [0.25, 0.3) is 0 Å². The van der Waals surface area contributed by atoms with Crippen LogP contribution in [0.15, 0.2) is 35.3 Å². The lowest BCUT2D eigenvalue weighted by atomic mass is 10.1. The number of rotatable bonds is 18. The summed E-state index contributed by atoms with van der Waals surface area (Å²) in [5.74, 6) is 0. The highest BCUT2D eigenvalue weighted by Crippen LogP contribution is 2.16. The third-order valence-corrected chi connectivity index (χ3v) is 4.46. The van der Waals surface area contributed by atoms with Gasteiger partial charge in [0.2, 0.25) is 17.1 Å². The molecule has 0 aromatic carbocycles. The second-order valence-electron chi connectivity index (χ2n) is 6.81. The molecule has 0 heterocycles. The number of nitro groups is 3. The van der Waals surface area contributed by atoms with Gasteiger partial charge in [0.1, 0.15) is 0 Å². The molecule has 10 heteroatoms. The van der Waals surface area contributed by atoms with E-state index in [0.29, 0.717) is 12.8 Å². The Hall–Kier alpha value is -2.91. The van der Waals surface area contributed by atoms with E-state index in [-0.39, 0.29) is 49.2 Å². The second kappa shape index (κ2) is 17.0. The SMILES string of the molecule is CCCCCCCC/C(=C\C/C=C(\C/C=C(\CCC[C]=O)[N+](=O)[O-])[N+](=O)[O-])[N+](=O)[O-]. The van der Waals surface area contributed by atoms with Gasteiger partial charge in [-0.25, -0.2) is 0 Å². The number of allylic oxidation sites excluding steroid dienone is 5. The van der Waals surface area contributed by atoms with E-state index in [9.17, 15) is 35.1 Å². The molecule has 0 saturated heterocycles. The molecule has 0 atom stereocenters. The van der Waals surface area contributed by atoms with Crippen LogP contribution in [0, 0.1) is 30.3 Å². The van der Waals surface area contributed by atoms with Gasteiger partial charge in [0.15, 0.2) is 6.29 Å². The molecule has 0 bridgehead atoms. The lowest BCUT2D eigenvalue weighted by molar-refractivity contribution is -0.432. The van der Waals surface area contributed by atoms with Gasteiger partial charge in [-0.1, -0.05) is 39.0 Å². The van der Waals surface area contributed by atoms with Crippen LogP contribution >= 0.6 is 0 Å². The molecule has 0 fully saturated rings. The molecule has 0 aromatic heterocycles. The van der Waals surface area contributed by atoms with Crippen molar-refractivity contribution in [2.75, 3.05) is 0 Å². The maximum atomic E-state index is 11.2. The fraction of sp³-hybridized carbons (Fsp3) is 0.650. The van der Waals surface area contributed by atoms with Crippen LogP contribution in [0.3, 0.4) is 0 Å². The number of unbranched alkanes of at least 4 members (excludes halogenated alkanes) is 6. The van der Waals surface area contributed by atoms with Gasteiger partial charge in [-0.3, -0.25) is 35.1 Å². The first-order valence-electron chi connectivity index (χ1n) is 10.2. The minimum atomic E-state index is -0.652. The van der Waals surface area contributed by atoms with Gasteiger partial charge in [0.05, 0.1) is 21.2 Å². The molecule has 0 aromatic rings. The molecular weight excluding hydrogens is 394 g/mol. The summed E-state index contributed by atoms with van der Waals surface area (Å²) in [6.45, 7) is 2.11. The third kappa shape index (κ3) is 13.3. The Bertz CT molecular complexity index is 669. The van der Waals surface area contributed by atoms with E-state index in [0.717, 1.165) is 38.2 Å².